The van der Waals surface area contributed by atoms with Gasteiger partial charge in [-0.2, -0.15) is 17.0 Å². The number of nitrogens with zero attached hydrogens (tertiary/aromatic N) is 2. The Morgan fingerprint density at radius 2 is 1.94 bits per heavy atom. The predicted octanol–water partition coefficient (Wildman–Crippen LogP) is 0.122. The number of carbonyl (C=O) groups is 1. The summed E-state index contributed by atoms with van der Waals surface area (Å²) < 4.78 is 27.2. The van der Waals surface area contributed by atoms with Gasteiger partial charge in [0.15, 0.2) is 0 Å². The summed E-state index contributed by atoms with van der Waals surface area (Å²) in [5.74, 6) is -1.45. The molecule has 0 aromatic heterocycles. The molecule has 2 heterocycles. The molecule has 2 rings (SSSR count). The lowest BCUT2D eigenvalue weighted by atomic mass is 10.0. The van der Waals surface area contributed by atoms with Crippen molar-refractivity contribution in [3.8, 4) is 0 Å². The molecule has 2 fully saturated rings. The van der Waals surface area contributed by atoms with Gasteiger partial charge in [0.2, 0.25) is 0 Å². The smallest absolute Gasteiger partial charge is 0.309 e. The maximum Gasteiger partial charge on any atom is 0.309 e. The van der Waals surface area contributed by atoms with Crippen LogP contribution >= 0.6 is 0 Å². The molecule has 17 heavy (non-hydrogen) atoms. The summed E-state index contributed by atoms with van der Waals surface area (Å²) in [7, 11) is -3.44. The molecule has 1 N–H and O–H groups in total. The molecule has 2 aliphatic heterocycles. The van der Waals surface area contributed by atoms with Gasteiger partial charge in [-0.1, -0.05) is 6.42 Å². The molecule has 1 atom stereocenters. The first kappa shape index (κ1) is 12.8. The van der Waals surface area contributed by atoms with Crippen LogP contribution in [0.15, 0.2) is 0 Å². The van der Waals surface area contributed by atoms with Crippen LogP contribution in [0.1, 0.15) is 26.2 Å². The Morgan fingerprint density at radius 1 is 1.29 bits per heavy atom. The van der Waals surface area contributed by atoms with Crippen LogP contribution in [0.25, 0.3) is 0 Å². The minimum absolute atomic E-state index is 0.0256. The van der Waals surface area contributed by atoms with Crippen molar-refractivity contribution >= 4 is 16.2 Å². The lowest BCUT2D eigenvalue weighted by molar-refractivity contribution is -0.145. The van der Waals surface area contributed by atoms with E-state index >= 15 is 0 Å². The summed E-state index contributed by atoms with van der Waals surface area (Å²) in [6.07, 6.45) is 2.83. The van der Waals surface area contributed by atoms with E-state index in [2.05, 4.69) is 0 Å². The minimum Gasteiger partial charge on any atom is -0.481 e. The Labute approximate surface area is 101 Å². The second-order valence-electron chi connectivity index (χ2n) is 4.82. The summed E-state index contributed by atoms with van der Waals surface area (Å²) in [5.41, 5.74) is 0. The van der Waals surface area contributed by atoms with Crippen LogP contribution in [-0.2, 0) is 15.0 Å². The standard InChI is InChI=1S/C10H18N2O4S/c1-8-4-2-3-5-12(8)17(15,16)11-6-9(7-11)10(13)14/h8-9H,2-7H2,1H3,(H,13,14). The molecule has 0 aliphatic carbocycles. The topological polar surface area (TPSA) is 77.9 Å². The number of aliphatic carboxylic acids is 1. The van der Waals surface area contributed by atoms with E-state index < -0.39 is 22.1 Å². The highest BCUT2D eigenvalue weighted by Gasteiger charge is 2.43. The molecular weight excluding hydrogens is 244 g/mol. The Bertz CT molecular complexity index is 403. The zero-order valence-electron chi connectivity index (χ0n) is 9.87. The van der Waals surface area contributed by atoms with Gasteiger partial charge in [-0.15, -0.1) is 0 Å². The fraction of sp³-hybridized carbons (Fsp3) is 0.900. The monoisotopic (exact) mass is 262 g/mol. The van der Waals surface area contributed by atoms with E-state index in [1.807, 2.05) is 6.92 Å². The van der Waals surface area contributed by atoms with Crippen LogP contribution in [-0.4, -0.2) is 53.8 Å². The molecule has 2 saturated heterocycles. The highest BCUT2D eigenvalue weighted by Crippen LogP contribution is 2.27. The van der Waals surface area contributed by atoms with Gasteiger partial charge in [-0.25, -0.2) is 0 Å². The highest BCUT2D eigenvalue weighted by molar-refractivity contribution is 7.86. The van der Waals surface area contributed by atoms with E-state index in [9.17, 15) is 13.2 Å². The van der Waals surface area contributed by atoms with Gasteiger partial charge in [0.25, 0.3) is 10.2 Å². The molecule has 0 amide bonds. The van der Waals surface area contributed by atoms with Crippen LogP contribution in [0.4, 0.5) is 0 Å². The van der Waals surface area contributed by atoms with Crippen LogP contribution < -0.4 is 0 Å². The van der Waals surface area contributed by atoms with E-state index in [-0.39, 0.29) is 19.1 Å². The number of piperidine rings is 1. The number of carboxylic acid groups (broad SMARTS) is 1. The first-order valence-corrected chi connectivity index (χ1v) is 7.32. The molecular formula is C10H18N2O4S. The van der Waals surface area contributed by atoms with Crippen LogP contribution in [0, 0.1) is 5.92 Å². The summed E-state index contributed by atoms with van der Waals surface area (Å²) >= 11 is 0. The number of hydrogen-bond donors (Lipinski definition) is 1. The lowest BCUT2D eigenvalue weighted by Gasteiger charge is -2.42. The fourth-order valence-electron chi connectivity index (χ4n) is 2.35. The third kappa shape index (κ3) is 2.31. The largest absolute Gasteiger partial charge is 0.481 e. The van der Waals surface area contributed by atoms with Crippen molar-refractivity contribution in [3.63, 3.8) is 0 Å². The average molecular weight is 262 g/mol. The van der Waals surface area contributed by atoms with Crippen molar-refractivity contribution < 1.29 is 18.3 Å². The first-order chi connectivity index (χ1) is 7.93. The highest BCUT2D eigenvalue weighted by atomic mass is 32.2. The Balaban J connectivity index is 2.02. The summed E-state index contributed by atoms with van der Waals surface area (Å²) in [6, 6.07) is 0.0256. The van der Waals surface area contributed by atoms with Crippen molar-refractivity contribution in [2.45, 2.75) is 32.2 Å². The van der Waals surface area contributed by atoms with Crippen molar-refractivity contribution in [1.82, 2.24) is 8.61 Å². The van der Waals surface area contributed by atoms with E-state index in [4.69, 9.17) is 5.11 Å². The predicted molar refractivity (Wildman–Crippen MR) is 61.6 cm³/mol. The van der Waals surface area contributed by atoms with Crippen molar-refractivity contribution in [3.05, 3.63) is 0 Å². The number of carboxylic acids is 1. The van der Waals surface area contributed by atoms with Gasteiger partial charge < -0.3 is 5.11 Å². The quantitative estimate of drug-likeness (QED) is 0.783. The zero-order chi connectivity index (χ0) is 12.6. The Morgan fingerprint density at radius 3 is 2.47 bits per heavy atom. The van der Waals surface area contributed by atoms with Crippen LogP contribution in [0.2, 0.25) is 0 Å². The van der Waals surface area contributed by atoms with Gasteiger partial charge in [-0.05, 0) is 19.8 Å². The molecule has 0 radical (unpaired) electrons. The van der Waals surface area contributed by atoms with E-state index in [0.717, 1.165) is 19.3 Å². The molecule has 6 nitrogen and oxygen atoms in total. The average Bonchev–Trinajstić information content (AvgIpc) is 2.14. The Kier molecular flexibility index (Phi) is 3.42. The van der Waals surface area contributed by atoms with Gasteiger partial charge in [0.1, 0.15) is 0 Å². The second-order valence-corrected chi connectivity index (χ2v) is 6.70. The third-order valence-corrected chi connectivity index (χ3v) is 5.65. The molecule has 98 valence electrons. The normalized spacial score (nSPS) is 28.9. The molecule has 0 saturated carbocycles. The molecule has 0 spiro atoms. The van der Waals surface area contributed by atoms with Crippen molar-refractivity contribution in [1.29, 1.82) is 0 Å². The van der Waals surface area contributed by atoms with Gasteiger partial charge in [0.05, 0.1) is 5.92 Å². The van der Waals surface area contributed by atoms with Gasteiger partial charge in [-0.3, -0.25) is 4.79 Å². The van der Waals surface area contributed by atoms with Crippen molar-refractivity contribution in [2.24, 2.45) is 5.92 Å². The summed E-state index contributed by atoms with van der Waals surface area (Å²) in [4.78, 5) is 10.7. The van der Waals surface area contributed by atoms with Crippen molar-refractivity contribution in [2.75, 3.05) is 19.6 Å². The van der Waals surface area contributed by atoms with E-state index in [1.54, 1.807) is 0 Å². The van der Waals surface area contributed by atoms with Crippen LogP contribution in [0.5, 0.6) is 0 Å². The summed E-state index contributed by atoms with van der Waals surface area (Å²) in [5, 5.41) is 8.74. The maximum absolute atomic E-state index is 12.2. The number of rotatable bonds is 3. The lowest BCUT2D eigenvalue weighted by Crippen LogP contribution is -2.59. The SMILES string of the molecule is CC1CCCCN1S(=O)(=O)N1CC(C(=O)O)C1. The third-order valence-electron chi connectivity index (χ3n) is 3.56. The van der Waals surface area contributed by atoms with Gasteiger partial charge in [0, 0.05) is 25.7 Å². The van der Waals surface area contributed by atoms with Gasteiger partial charge >= 0.3 is 5.97 Å². The van der Waals surface area contributed by atoms with Crippen LogP contribution in [0.3, 0.4) is 0 Å². The molecule has 0 aromatic rings. The maximum atomic E-state index is 12.2. The molecule has 0 aromatic carbocycles. The minimum atomic E-state index is -3.44. The van der Waals surface area contributed by atoms with E-state index in [0.29, 0.717) is 6.54 Å². The molecule has 2 aliphatic rings. The van der Waals surface area contributed by atoms with E-state index in [1.165, 1.54) is 8.61 Å². The molecule has 1 unspecified atom stereocenters. The molecule has 0 bridgehead atoms. The first-order valence-electron chi connectivity index (χ1n) is 5.92. The second kappa shape index (κ2) is 4.55. The summed E-state index contributed by atoms with van der Waals surface area (Å²) in [6.45, 7) is 2.69. The fourth-order valence-corrected chi connectivity index (χ4v) is 4.30. The number of hydrogen-bond acceptors (Lipinski definition) is 3. The Hall–Kier alpha value is -0.660. The molecule has 7 heteroatoms. The zero-order valence-corrected chi connectivity index (χ0v) is 10.7.